The Bertz CT molecular complexity index is 77.4. The highest BCUT2D eigenvalue weighted by molar-refractivity contribution is 4.67. The predicted molar refractivity (Wildman–Crippen MR) is 24.8 cm³/mol. The minimum Gasteiger partial charge on any atom is -0.850 e. The SMILES string of the molecule is CC(C)([O-])CC(F)(F)F. The molecule has 4 heteroatoms. The zero-order chi connectivity index (χ0) is 7.71. The van der Waals surface area contributed by atoms with E-state index in [1.807, 2.05) is 0 Å². The van der Waals surface area contributed by atoms with Gasteiger partial charge in [0.2, 0.25) is 0 Å². The van der Waals surface area contributed by atoms with Crippen molar-refractivity contribution in [2.45, 2.75) is 32.0 Å². The minimum atomic E-state index is -4.33. The molecule has 0 aliphatic carbocycles. The van der Waals surface area contributed by atoms with Crippen molar-refractivity contribution in [3.8, 4) is 0 Å². The van der Waals surface area contributed by atoms with Gasteiger partial charge in [-0.15, -0.1) is 5.60 Å². The van der Waals surface area contributed by atoms with Crippen molar-refractivity contribution in [2.24, 2.45) is 0 Å². The van der Waals surface area contributed by atoms with E-state index in [0.29, 0.717) is 0 Å². The molecule has 56 valence electrons. The molecule has 0 aromatic heterocycles. The normalized spacial score (nSPS) is 14.0. The Hall–Kier alpha value is -0.250. The lowest BCUT2D eigenvalue weighted by Gasteiger charge is -2.31. The van der Waals surface area contributed by atoms with Gasteiger partial charge >= 0.3 is 6.18 Å². The summed E-state index contributed by atoms with van der Waals surface area (Å²) < 4.78 is 34.1. The van der Waals surface area contributed by atoms with Crippen molar-refractivity contribution in [2.75, 3.05) is 0 Å². The summed E-state index contributed by atoms with van der Waals surface area (Å²) >= 11 is 0. The molecule has 0 bridgehead atoms. The van der Waals surface area contributed by atoms with Crippen LogP contribution in [0.3, 0.4) is 0 Å². The van der Waals surface area contributed by atoms with Gasteiger partial charge in [0.15, 0.2) is 0 Å². The number of hydrogen-bond acceptors (Lipinski definition) is 1. The first-order valence-electron chi connectivity index (χ1n) is 2.48. The lowest BCUT2D eigenvalue weighted by Crippen LogP contribution is -2.41. The van der Waals surface area contributed by atoms with E-state index in [1.165, 1.54) is 0 Å². The Morgan fingerprint density at radius 1 is 1.22 bits per heavy atom. The second-order valence-electron chi connectivity index (χ2n) is 2.55. The van der Waals surface area contributed by atoms with Crippen LogP contribution >= 0.6 is 0 Å². The van der Waals surface area contributed by atoms with Gasteiger partial charge in [0.1, 0.15) is 0 Å². The first-order valence-corrected chi connectivity index (χ1v) is 2.48. The molecule has 0 amide bonds. The number of rotatable bonds is 1. The topological polar surface area (TPSA) is 23.1 Å². The van der Waals surface area contributed by atoms with Gasteiger partial charge in [-0.2, -0.15) is 13.2 Å². The maximum Gasteiger partial charge on any atom is 0.388 e. The second-order valence-corrected chi connectivity index (χ2v) is 2.55. The molecular weight excluding hydrogens is 133 g/mol. The standard InChI is InChI=1S/C5H8F3O/c1-4(2,9)3-5(6,7)8/h3H2,1-2H3/q-1. The number of alkyl halides is 3. The van der Waals surface area contributed by atoms with Gasteiger partial charge < -0.3 is 5.11 Å². The summed E-state index contributed by atoms with van der Waals surface area (Å²) in [5.74, 6) is 0. The summed E-state index contributed by atoms with van der Waals surface area (Å²) in [7, 11) is 0. The maximum absolute atomic E-state index is 11.4. The van der Waals surface area contributed by atoms with Crippen LogP contribution in [-0.4, -0.2) is 11.8 Å². The smallest absolute Gasteiger partial charge is 0.388 e. The average molecular weight is 141 g/mol. The molecule has 0 rings (SSSR count). The molecule has 0 heterocycles. The summed E-state index contributed by atoms with van der Waals surface area (Å²) in [5, 5.41) is 10.4. The zero-order valence-corrected chi connectivity index (χ0v) is 5.25. The van der Waals surface area contributed by atoms with Gasteiger partial charge in [-0.25, -0.2) is 0 Å². The largest absolute Gasteiger partial charge is 0.850 e. The third-order valence-electron chi connectivity index (χ3n) is 0.626. The third kappa shape index (κ3) is 7.75. The van der Waals surface area contributed by atoms with Gasteiger partial charge in [0, 0.05) is 6.42 Å². The summed E-state index contributed by atoms with van der Waals surface area (Å²) in [5.41, 5.74) is -1.89. The number of hydrogen-bond donors (Lipinski definition) is 0. The Morgan fingerprint density at radius 3 is 1.56 bits per heavy atom. The minimum absolute atomic E-state index is 1.01. The van der Waals surface area contributed by atoms with Crippen molar-refractivity contribution in [3.05, 3.63) is 0 Å². The second kappa shape index (κ2) is 2.17. The quantitative estimate of drug-likeness (QED) is 0.535. The Morgan fingerprint density at radius 2 is 1.56 bits per heavy atom. The fourth-order valence-corrected chi connectivity index (χ4v) is 0.483. The zero-order valence-electron chi connectivity index (χ0n) is 5.25. The maximum atomic E-state index is 11.4. The highest BCUT2D eigenvalue weighted by Gasteiger charge is 2.30. The number of halogens is 3. The molecule has 0 atom stereocenters. The molecule has 0 aliphatic heterocycles. The third-order valence-corrected chi connectivity index (χ3v) is 0.626. The summed E-state index contributed by atoms with van der Waals surface area (Å²) in [6, 6.07) is 0. The summed E-state index contributed by atoms with van der Waals surface area (Å²) in [6.45, 7) is 2.03. The molecule has 0 saturated heterocycles. The molecule has 0 aromatic carbocycles. The Kier molecular flexibility index (Phi) is 2.11. The molecule has 0 unspecified atom stereocenters. The molecule has 0 radical (unpaired) electrons. The fourth-order valence-electron chi connectivity index (χ4n) is 0.483. The summed E-state index contributed by atoms with van der Waals surface area (Å²) in [6.07, 6.45) is -5.59. The molecule has 1 nitrogen and oxygen atoms in total. The molecule has 0 N–H and O–H groups in total. The van der Waals surface area contributed by atoms with Crippen LogP contribution in [0.1, 0.15) is 20.3 Å². The van der Waals surface area contributed by atoms with E-state index < -0.39 is 18.2 Å². The van der Waals surface area contributed by atoms with Crippen LogP contribution in [0.4, 0.5) is 13.2 Å². The van der Waals surface area contributed by atoms with E-state index in [4.69, 9.17) is 0 Å². The van der Waals surface area contributed by atoms with Crippen molar-refractivity contribution in [3.63, 3.8) is 0 Å². The molecule has 9 heavy (non-hydrogen) atoms. The van der Waals surface area contributed by atoms with E-state index in [1.54, 1.807) is 0 Å². The predicted octanol–water partition coefficient (Wildman–Crippen LogP) is 1.08. The van der Waals surface area contributed by atoms with Crippen molar-refractivity contribution < 1.29 is 18.3 Å². The van der Waals surface area contributed by atoms with Crippen LogP contribution in [0, 0.1) is 0 Å². The van der Waals surface area contributed by atoms with E-state index >= 15 is 0 Å². The lowest BCUT2D eigenvalue weighted by atomic mass is 10.1. The van der Waals surface area contributed by atoms with Crippen LogP contribution < -0.4 is 5.11 Å². The molecule has 0 spiro atoms. The Balaban J connectivity index is 3.75. The molecular formula is C5H8F3O-. The fraction of sp³-hybridized carbons (Fsp3) is 1.00. The van der Waals surface area contributed by atoms with Crippen molar-refractivity contribution in [1.29, 1.82) is 0 Å². The van der Waals surface area contributed by atoms with E-state index in [-0.39, 0.29) is 0 Å². The van der Waals surface area contributed by atoms with Crippen molar-refractivity contribution >= 4 is 0 Å². The highest BCUT2D eigenvalue weighted by Crippen LogP contribution is 2.24. The van der Waals surface area contributed by atoms with E-state index in [2.05, 4.69) is 0 Å². The summed E-state index contributed by atoms with van der Waals surface area (Å²) in [4.78, 5) is 0. The van der Waals surface area contributed by atoms with Crippen LogP contribution in [0.2, 0.25) is 0 Å². The molecule has 0 saturated carbocycles. The van der Waals surface area contributed by atoms with Gasteiger partial charge in [0.25, 0.3) is 0 Å². The van der Waals surface area contributed by atoms with Crippen LogP contribution in [-0.2, 0) is 0 Å². The van der Waals surface area contributed by atoms with Gasteiger partial charge in [-0.3, -0.25) is 0 Å². The van der Waals surface area contributed by atoms with Gasteiger partial charge in [-0.1, -0.05) is 13.8 Å². The van der Waals surface area contributed by atoms with Crippen LogP contribution in [0.5, 0.6) is 0 Å². The van der Waals surface area contributed by atoms with Gasteiger partial charge in [0.05, 0.1) is 0 Å². The monoisotopic (exact) mass is 141 g/mol. The lowest BCUT2D eigenvalue weighted by molar-refractivity contribution is -0.477. The van der Waals surface area contributed by atoms with Crippen LogP contribution in [0.15, 0.2) is 0 Å². The molecule has 0 aliphatic rings. The highest BCUT2D eigenvalue weighted by atomic mass is 19.4. The molecule has 0 aromatic rings. The van der Waals surface area contributed by atoms with Crippen molar-refractivity contribution in [1.82, 2.24) is 0 Å². The first kappa shape index (κ1) is 8.75. The molecule has 0 fully saturated rings. The Labute approximate surface area is 51.5 Å². The first-order chi connectivity index (χ1) is 3.71. The average Bonchev–Trinajstić information content (AvgIpc) is 1.14. The van der Waals surface area contributed by atoms with E-state index in [0.717, 1.165) is 13.8 Å². The van der Waals surface area contributed by atoms with Crippen LogP contribution in [0.25, 0.3) is 0 Å². The van der Waals surface area contributed by atoms with E-state index in [9.17, 15) is 18.3 Å². The van der Waals surface area contributed by atoms with Gasteiger partial charge in [-0.05, 0) is 0 Å².